The third-order valence-corrected chi connectivity index (χ3v) is 2.72. The molecule has 16 heavy (non-hydrogen) atoms. The van der Waals surface area contributed by atoms with E-state index in [1.165, 1.54) is 0 Å². The van der Waals surface area contributed by atoms with E-state index in [4.69, 9.17) is 5.26 Å². The highest BCUT2D eigenvalue weighted by Gasteiger charge is 1.99. The Hall–Kier alpha value is -1.86. The molecular weight excluding hydrogens is 266 g/mol. The highest BCUT2D eigenvalue weighted by atomic mass is 79.9. The summed E-state index contributed by atoms with van der Waals surface area (Å²) in [4.78, 5) is 3.98. The van der Waals surface area contributed by atoms with Crippen molar-refractivity contribution in [2.75, 3.05) is 5.32 Å². The zero-order valence-electron chi connectivity index (χ0n) is 8.31. The maximum atomic E-state index is 8.62. The second kappa shape index (κ2) is 4.77. The van der Waals surface area contributed by atoms with Crippen molar-refractivity contribution in [2.24, 2.45) is 0 Å². The molecule has 1 N–H and O–H groups in total. The van der Waals surface area contributed by atoms with Gasteiger partial charge in [0.15, 0.2) is 0 Å². The van der Waals surface area contributed by atoms with Gasteiger partial charge in [-0.2, -0.15) is 5.26 Å². The number of nitrogens with one attached hydrogen (secondary N) is 1. The van der Waals surface area contributed by atoms with Crippen LogP contribution in [0.2, 0.25) is 0 Å². The first-order valence-corrected chi connectivity index (χ1v) is 5.46. The van der Waals surface area contributed by atoms with Crippen LogP contribution in [0.25, 0.3) is 0 Å². The van der Waals surface area contributed by atoms with Crippen LogP contribution in [-0.4, -0.2) is 4.98 Å². The molecule has 4 heteroatoms. The Morgan fingerprint density at radius 1 is 1.19 bits per heavy atom. The minimum Gasteiger partial charge on any atom is -0.353 e. The van der Waals surface area contributed by atoms with Gasteiger partial charge in [-0.1, -0.05) is 12.1 Å². The number of benzene rings is 1. The topological polar surface area (TPSA) is 48.7 Å². The molecule has 0 atom stereocenters. The number of nitrogens with zero attached hydrogens (tertiary/aromatic N) is 2. The summed E-state index contributed by atoms with van der Waals surface area (Å²) in [5.74, 6) is 0. The van der Waals surface area contributed by atoms with E-state index in [0.29, 0.717) is 5.69 Å². The molecule has 0 saturated carbocycles. The monoisotopic (exact) mass is 273 g/mol. The summed E-state index contributed by atoms with van der Waals surface area (Å²) in [6.45, 7) is 0. The number of hydrogen-bond donors (Lipinski definition) is 1. The van der Waals surface area contributed by atoms with E-state index >= 15 is 0 Å². The summed E-state index contributed by atoms with van der Waals surface area (Å²) in [5.41, 5.74) is 2.23. The fraction of sp³-hybridized carbons (Fsp3) is 0. The van der Waals surface area contributed by atoms with Gasteiger partial charge in [0.2, 0.25) is 0 Å². The fourth-order valence-electron chi connectivity index (χ4n) is 1.25. The largest absolute Gasteiger partial charge is 0.353 e. The summed E-state index contributed by atoms with van der Waals surface area (Å²) >= 11 is 3.45. The molecule has 1 aromatic heterocycles. The molecule has 3 nitrogen and oxygen atoms in total. The predicted molar refractivity (Wildman–Crippen MR) is 66.4 cm³/mol. The van der Waals surface area contributed by atoms with Crippen LogP contribution in [0.4, 0.5) is 11.4 Å². The van der Waals surface area contributed by atoms with Gasteiger partial charge in [-0.25, -0.2) is 4.98 Å². The molecule has 0 spiro atoms. The molecule has 2 aromatic rings. The van der Waals surface area contributed by atoms with Crippen molar-refractivity contribution in [1.82, 2.24) is 4.98 Å². The smallest absolute Gasteiger partial charge is 0.140 e. The third kappa shape index (κ3) is 2.38. The van der Waals surface area contributed by atoms with Crippen LogP contribution in [0.3, 0.4) is 0 Å². The van der Waals surface area contributed by atoms with Crippen LogP contribution in [0.5, 0.6) is 0 Å². The maximum absolute atomic E-state index is 8.62. The van der Waals surface area contributed by atoms with Crippen molar-refractivity contribution in [2.45, 2.75) is 0 Å². The summed E-state index contributed by atoms with van der Waals surface area (Å²) in [6.07, 6.45) is 1.64. The molecule has 0 radical (unpaired) electrons. The Morgan fingerprint density at radius 3 is 2.62 bits per heavy atom. The minimum absolute atomic E-state index is 0.415. The second-order valence-electron chi connectivity index (χ2n) is 3.15. The van der Waals surface area contributed by atoms with Gasteiger partial charge >= 0.3 is 0 Å². The summed E-state index contributed by atoms with van der Waals surface area (Å²) in [7, 11) is 0. The fourth-order valence-corrected chi connectivity index (χ4v) is 1.64. The Bertz CT molecular complexity index is 529. The lowest BCUT2D eigenvalue weighted by Crippen LogP contribution is -1.92. The molecule has 0 saturated heterocycles. The number of aromatic nitrogens is 1. The van der Waals surface area contributed by atoms with Crippen molar-refractivity contribution >= 4 is 27.3 Å². The third-order valence-electron chi connectivity index (χ3n) is 2.03. The quantitative estimate of drug-likeness (QED) is 0.912. The second-order valence-corrected chi connectivity index (χ2v) is 4.00. The Balaban J connectivity index is 2.22. The standard InChI is InChI=1S/C12H8BrN3/c13-11-3-1-2-4-12(11)16-10-6-5-9(7-14)15-8-10/h1-6,8,16H. The molecule has 0 unspecified atom stereocenters. The first-order valence-electron chi connectivity index (χ1n) is 4.67. The van der Waals surface area contributed by atoms with Gasteiger partial charge in [0, 0.05) is 4.47 Å². The number of hydrogen-bond acceptors (Lipinski definition) is 3. The zero-order chi connectivity index (χ0) is 11.4. The molecule has 1 aromatic carbocycles. The highest BCUT2D eigenvalue weighted by Crippen LogP contribution is 2.24. The van der Waals surface area contributed by atoms with Gasteiger partial charge < -0.3 is 5.32 Å². The Morgan fingerprint density at radius 2 is 2.00 bits per heavy atom. The molecule has 0 aliphatic rings. The molecule has 0 bridgehead atoms. The lowest BCUT2D eigenvalue weighted by molar-refractivity contribution is 1.26. The first-order chi connectivity index (χ1) is 7.79. The average Bonchev–Trinajstić information content (AvgIpc) is 2.33. The van der Waals surface area contributed by atoms with Crippen molar-refractivity contribution in [3.63, 3.8) is 0 Å². The Kier molecular flexibility index (Phi) is 3.18. The number of para-hydroxylation sites is 1. The van der Waals surface area contributed by atoms with Crippen LogP contribution in [0.15, 0.2) is 47.1 Å². The molecule has 0 fully saturated rings. The van der Waals surface area contributed by atoms with E-state index in [-0.39, 0.29) is 0 Å². The minimum atomic E-state index is 0.415. The van der Waals surface area contributed by atoms with Gasteiger partial charge in [0.25, 0.3) is 0 Å². The molecular formula is C12H8BrN3. The Labute approximate surface area is 102 Å². The van der Waals surface area contributed by atoms with Crippen molar-refractivity contribution in [1.29, 1.82) is 5.26 Å². The summed E-state index contributed by atoms with van der Waals surface area (Å²) in [6, 6.07) is 13.3. The molecule has 78 valence electrons. The molecule has 0 aliphatic carbocycles. The van der Waals surface area contributed by atoms with E-state index in [1.54, 1.807) is 12.3 Å². The number of rotatable bonds is 2. The van der Waals surface area contributed by atoms with E-state index in [2.05, 4.69) is 26.2 Å². The van der Waals surface area contributed by atoms with Gasteiger partial charge in [-0.05, 0) is 40.2 Å². The SMILES string of the molecule is N#Cc1ccc(Nc2ccccc2Br)cn1. The van der Waals surface area contributed by atoms with Crippen molar-refractivity contribution < 1.29 is 0 Å². The number of anilines is 2. The van der Waals surface area contributed by atoms with Gasteiger partial charge in [-0.3, -0.25) is 0 Å². The lowest BCUT2D eigenvalue weighted by atomic mass is 10.3. The normalized spacial score (nSPS) is 9.50. The van der Waals surface area contributed by atoms with E-state index in [1.807, 2.05) is 36.4 Å². The molecule has 2 rings (SSSR count). The van der Waals surface area contributed by atoms with Crippen LogP contribution in [0.1, 0.15) is 5.69 Å². The zero-order valence-corrected chi connectivity index (χ0v) is 9.90. The number of pyridine rings is 1. The van der Waals surface area contributed by atoms with Crippen molar-refractivity contribution in [3.8, 4) is 6.07 Å². The predicted octanol–water partition coefficient (Wildman–Crippen LogP) is 3.46. The first kappa shape index (κ1) is 10.7. The number of nitriles is 1. The highest BCUT2D eigenvalue weighted by molar-refractivity contribution is 9.10. The van der Waals surface area contributed by atoms with E-state index < -0.39 is 0 Å². The maximum Gasteiger partial charge on any atom is 0.140 e. The van der Waals surface area contributed by atoms with Crippen LogP contribution in [-0.2, 0) is 0 Å². The molecule has 0 amide bonds. The number of halogens is 1. The summed E-state index contributed by atoms with van der Waals surface area (Å²) < 4.78 is 0.986. The summed E-state index contributed by atoms with van der Waals surface area (Å²) in [5, 5.41) is 11.8. The van der Waals surface area contributed by atoms with Crippen molar-refractivity contribution in [3.05, 3.63) is 52.8 Å². The van der Waals surface area contributed by atoms with Crippen LogP contribution >= 0.6 is 15.9 Å². The van der Waals surface area contributed by atoms with Crippen LogP contribution in [0, 0.1) is 11.3 Å². The van der Waals surface area contributed by atoms with Crippen LogP contribution < -0.4 is 5.32 Å². The van der Waals surface area contributed by atoms with Gasteiger partial charge in [0.1, 0.15) is 11.8 Å². The lowest BCUT2D eigenvalue weighted by Gasteiger charge is -2.07. The van der Waals surface area contributed by atoms with E-state index in [0.717, 1.165) is 15.8 Å². The molecule has 0 aliphatic heterocycles. The van der Waals surface area contributed by atoms with E-state index in [9.17, 15) is 0 Å². The van der Waals surface area contributed by atoms with Gasteiger partial charge in [0.05, 0.1) is 17.6 Å². The average molecular weight is 274 g/mol. The van der Waals surface area contributed by atoms with Gasteiger partial charge in [-0.15, -0.1) is 0 Å². The molecule has 1 heterocycles.